The van der Waals surface area contributed by atoms with Crippen molar-refractivity contribution < 1.29 is 26.7 Å². The second-order valence-corrected chi connectivity index (χ2v) is 6.47. The van der Waals surface area contributed by atoms with Gasteiger partial charge >= 0.3 is 6.18 Å². The lowest BCUT2D eigenvalue weighted by atomic mass is 10.2. The summed E-state index contributed by atoms with van der Waals surface area (Å²) in [7, 11) is 0. The Kier molecular flexibility index (Phi) is 5.97. The van der Waals surface area contributed by atoms with Crippen molar-refractivity contribution in [2.45, 2.75) is 6.18 Å². The molecular formula is C17H8BrF5N6O. The maximum Gasteiger partial charge on any atom is 0.416 e. The molecule has 0 atom stereocenters. The van der Waals surface area contributed by atoms with Crippen molar-refractivity contribution in [2.24, 2.45) is 0 Å². The number of anilines is 1. The van der Waals surface area contributed by atoms with Crippen LogP contribution in [-0.2, 0) is 6.18 Å². The lowest BCUT2D eigenvalue weighted by Crippen LogP contribution is -2.07. The van der Waals surface area contributed by atoms with Gasteiger partial charge in [0.25, 0.3) is 0 Å². The van der Waals surface area contributed by atoms with Crippen LogP contribution in [0.2, 0.25) is 0 Å². The summed E-state index contributed by atoms with van der Waals surface area (Å²) < 4.78 is 72.1. The molecule has 0 unspecified atom stereocenters. The Morgan fingerprint density at radius 2 is 1.90 bits per heavy atom. The summed E-state index contributed by atoms with van der Waals surface area (Å²) in [6, 6.07) is 6.43. The van der Waals surface area contributed by atoms with Crippen molar-refractivity contribution in [2.75, 3.05) is 5.32 Å². The summed E-state index contributed by atoms with van der Waals surface area (Å²) in [6.45, 7) is 0. The average Bonchev–Trinajstić information content (AvgIpc) is 3.20. The first kappa shape index (κ1) is 21.2. The smallest absolute Gasteiger partial charge is 0.416 e. The van der Waals surface area contributed by atoms with Gasteiger partial charge in [-0.15, -0.1) is 10.2 Å². The first-order valence-corrected chi connectivity index (χ1v) is 8.62. The molecule has 1 aromatic heterocycles. The van der Waals surface area contributed by atoms with Crippen LogP contribution in [0.15, 0.2) is 41.0 Å². The fourth-order valence-corrected chi connectivity index (χ4v) is 2.54. The lowest BCUT2D eigenvalue weighted by Gasteiger charge is -2.14. The van der Waals surface area contributed by atoms with Gasteiger partial charge in [-0.25, -0.2) is 8.78 Å². The van der Waals surface area contributed by atoms with E-state index in [4.69, 9.17) is 4.74 Å². The minimum atomic E-state index is -4.92. The van der Waals surface area contributed by atoms with E-state index in [1.807, 2.05) is 6.07 Å². The zero-order valence-electron chi connectivity index (χ0n) is 14.4. The van der Waals surface area contributed by atoms with Gasteiger partial charge in [0.15, 0.2) is 23.1 Å². The molecule has 0 aliphatic heterocycles. The number of hydrogen-bond donors (Lipinski definition) is 2. The fraction of sp³-hybridized carbons (Fsp3) is 0.0588. The molecule has 0 saturated heterocycles. The predicted molar refractivity (Wildman–Crippen MR) is 97.0 cm³/mol. The van der Waals surface area contributed by atoms with Gasteiger partial charge < -0.3 is 10.1 Å². The number of hydrogen-bond acceptors (Lipinski definition) is 6. The summed E-state index contributed by atoms with van der Waals surface area (Å²) >= 11 is 3.17. The van der Waals surface area contributed by atoms with Crippen molar-refractivity contribution in [1.82, 2.24) is 20.6 Å². The van der Waals surface area contributed by atoms with Crippen molar-refractivity contribution in [3.05, 3.63) is 64.0 Å². The Morgan fingerprint density at radius 3 is 2.47 bits per heavy atom. The number of ether oxygens (including phenoxy) is 1. The summed E-state index contributed by atoms with van der Waals surface area (Å²) in [5, 5.41) is 24.7. The number of tetrazole rings is 1. The summed E-state index contributed by atoms with van der Waals surface area (Å²) in [5.41, 5.74) is -1.36. The number of benzene rings is 2. The van der Waals surface area contributed by atoms with E-state index in [2.05, 4.69) is 41.9 Å². The number of nitrogens with one attached hydrogen (secondary N) is 2. The van der Waals surface area contributed by atoms with Gasteiger partial charge in [-0.05, 0) is 35.5 Å². The first-order valence-electron chi connectivity index (χ1n) is 7.83. The molecule has 7 nitrogen and oxygen atoms in total. The van der Waals surface area contributed by atoms with Crippen LogP contribution in [0.3, 0.4) is 0 Å². The highest BCUT2D eigenvalue weighted by Gasteiger charge is 2.33. The molecule has 3 rings (SSSR count). The number of nitrogens with zero attached hydrogens (tertiary/aromatic N) is 4. The normalized spacial score (nSPS) is 11.8. The van der Waals surface area contributed by atoms with Gasteiger partial charge in [-0.1, -0.05) is 15.9 Å². The first-order chi connectivity index (χ1) is 14.2. The van der Waals surface area contributed by atoms with E-state index < -0.39 is 29.1 Å². The Balaban J connectivity index is 1.95. The Bertz CT molecular complexity index is 1120. The number of aromatic nitrogens is 4. The maximum absolute atomic E-state index is 14.1. The van der Waals surface area contributed by atoms with Gasteiger partial charge in [-0.3, -0.25) is 0 Å². The summed E-state index contributed by atoms with van der Waals surface area (Å²) in [6.07, 6.45) is -3.73. The van der Waals surface area contributed by atoms with Crippen LogP contribution in [0, 0.1) is 23.0 Å². The molecular weight excluding hydrogens is 479 g/mol. The van der Waals surface area contributed by atoms with E-state index in [0.717, 1.165) is 0 Å². The van der Waals surface area contributed by atoms with Crippen LogP contribution in [0.25, 0.3) is 5.57 Å². The zero-order chi connectivity index (χ0) is 21.9. The molecule has 3 aromatic rings. The number of rotatable bonds is 5. The van der Waals surface area contributed by atoms with Crippen molar-refractivity contribution in [3.8, 4) is 17.6 Å². The van der Waals surface area contributed by atoms with Crippen LogP contribution >= 0.6 is 15.9 Å². The van der Waals surface area contributed by atoms with Gasteiger partial charge in [0.2, 0.25) is 5.82 Å². The Labute approximate surface area is 173 Å². The van der Waals surface area contributed by atoms with E-state index >= 15 is 0 Å². The predicted octanol–water partition coefficient (Wildman–Crippen LogP) is 5.03. The van der Waals surface area contributed by atoms with E-state index in [-0.39, 0.29) is 35.0 Å². The number of aromatic amines is 1. The zero-order valence-corrected chi connectivity index (χ0v) is 16.0. The highest BCUT2D eigenvalue weighted by atomic mass is 79.9. The van der Waals surface area contributed by atoms with Crippen LogP contribution < -0.4 is 10.1 Å². The number of H-pyrrole nitrogens is 1. The molecule has 154 valence electrons. The number of nitriles is 1. The third kappa shape index (κ3) is 4.71. The van der Waals surface area contributed by atoms with Crippen LogP contribution in [0.1, 0.15) is 11.4 Å². The Hall–Kier alpha value is -3.53. The molecule has 0 aliphatic carbocycles. The lowest BCUT2D eigenvalue weighted by molar-refractivity contribution is -0.138. The second-order valence-electron chi connectivity index (χ2n) is 5.56. The van der Waals surface area contributed by atoms with E-state index in [0.29, 0.717) is 4.47 Å². The largest absolute Gasteiger partial charge is 0.449 e. The highest BCUT2D eigenvalue weighted by molar-refractivity contribution is 9.10. The van der Waals surface area contributed by atoms with Gasteiger partial charge in [0.05, 0.1) is 11.3 Å². The average molecular weight is 487 g/mol. The molecule has 0 saturated carbocycles. The fourth-order valence-electron chi connectivity index (χ4n) is 2.20. The molecule has 0 spiro atoms. The molecule has 1 heterocycles. The molecule has 0 bridgehead atoms. The second kappa shape index (κ2) is 8.46. The van der Waals surface area contributed by atoms with Gasteiger partial charge in [-0.2, -0.15) is 23.6 Å². The number of allylic oxidation sites excluding steroid dienone is 1. The quantitative estimate of drug-likeness (QED) is 0.387. The van der Waals surface area contributed by atoms with Crippen LogP contribution in [0.4, 0.5) is 27.6 Å². The van der Waals surface area contributed by atoms with Crippen LogP contribution in [0.5, 0.6) is 11.5 Å². The molecule has 2 aromatic carbocycles. The molecule has 0 radical (unpaired) electrons. The minimum Gasteiger partial charge on any atom is -0.449 e. The van der Waals surface area contributed by atoms with Crippen molar-refractivity contribution in [1.29, 1.82) is 5.26 Å². The molecule has 0 fully saturated rings. The number of halogens is 6. The summed E-state index contributed by atoms with van der Waals surface area (Å²) in [5.74, 6) is -4.23. The molecule has 30 heavy (non-hydrogen) atoms. The Morgan fingerprint density at radius 1 is 1.20 bits per heavy atom. The molecule has 2 N–H and O–H groups in total. The SMILES string of the molecule is N#CC(=CNc1ccc(Br)cc1Oc1c(F)cc(C(F)(F)F)cc1F)c1nn[nH]n1. The molecule has 0 amide bonds. The number of alkyl halides is 3. The third-order valence-electron chi connectivity index (χ3n) is 3.56. The van der Waals surface area contributed by atoms with Gasteiger partial charge in [0.1, 0.15) is 11.6 Å². The highest BCUT2D eigenvalue weighted by Crippen LogP contribution is 2.38. The van der Waals surface area contributed by atoms with E-state index in [1.165, 1.54) is 18.3 Å². The monoisotopic (exact) mass is 486 g/mol. The topological polar surface area (TPSA) is 99.5 Å². The third-order valence-corrected chi connectivity index (χ3v) is 4.05. The van der Waals surface area contributed by atoms with Crippen molar-refractivity contribution >= 4 is 27.2 Å². The van der Waals surface area contributed by atoms with Crippen molar-refractivity contribution in [3.63, 3.8) is 0 Å². The standard InChI is InChI=1S/C17H8BrF5N6O/c18-10-1-2-13(25-7-8(6-24)16-26-28-29-27-16)14(5-10)30-15-11(19)3-9(4-12(15)20)17(21,22)23/h1-5,7,25H,(H,26,27,28,29). The van der Waals surface area contributed by atoms with E-state index in [1.54, 1.807) is 6.07 Å². The molecule has 0 aliphatic rings. The summed E-state index contributed by atoms with van der Waals surface area (Å²) in [4.78, 5) is 0. The minimum absolute atomic E-state index is 0.00981. The van der Waals surface area contributed by atoms with E-state index in [9.17, 15) is 27.2 Å². The maximum atomic E-state index is 14.1. The van der Waals surface area contributed by atoms with Gasteiger partial charge in [0, 0.05) is 10.7 Å². The van der Waals surface area contributed by atoms with Crippen LogP contribution in [-0.4, -0.2) is 20.6 Å². The molecule has 13 heteroatoms.